The molecule has 4 nitrogen and oxygen atoms in total. The molecule has 20 heavy (non-hydrogen) atoms. The van der Waals surface area contributed by atoms with Crippen LogP contribution >= 0.6 is 11.6 Å². The SMILES string of the molecule is CCc1cccnc1CNc1cc(Cl)nc(C2CC2)n1. The topological polar surface area (TPSA) is 50.7 Å². The van der Waals surface area contributed by atoms with Gasteiger partial charge in [-0.25, -0.2) is 9.97 Å². The van der Waals surface area contributed by atoms with Crippen molar-refractivity contribution in [2.75, 3.05) is 5.32 Å². The second-order valence-electron chi connectivity index (χ2n) is 5.02. The molecule has 3 rings (SSSR count). The summed E-state index contributed by atoms with van der Waals surface area (Å²) in [6.45, 7) is 2.79. The third kappa shape index (κ3) is 3.07. The fourth-order valence-electron chi connectivity index (χ4n) is 2.18. The fourth-order valence-corrected chi connectivity index (χ4v) is 2.37. The third-order valence-corrected chi connectivity index (χ3v) is 3.65. The van der Waals surface area contributed by atoms with E-state index in [-0.39, 0.29) is 0 Å². The molecule has 1 fully saturated rings. The first-order valence-electron chi connectivity index (χ1n) is 6.97. The number of rotatable bonds is 5. The Labute approximate surface area is 123 Å². The quantitative estimate of drug-likeness (QED) is 0.855. The first-order chi connectivity index (χ1) is 9.76. The van der Waals surface area contributed by atoms with Crippen molar-refractivity contribution >= 4 is 17.4 Å². The van der Waals surface area contributed by atoms with Gasteiger partial charge in [0.2, 0.25) is 0 Å². The fraction of sp³-hybridized carbons (Fsp3) is 0.400. The largest absolute Gasteiger partial charge is 0.364 e. The second kappa shape index (κ2) is 5.75. The van der Waals surface area contributed by atoms with E-state index in [4.69, 9.17) is 11.6 Å². The van der Waals surface area contributed by atoms with Crippen molar-refractivity contribution < 1.29 is 0 Å². The second-order valence-corrected chi connectivity index (χ2v) is 5.41. The Kier molecular flexibility index (Phi) is 3.83. The molecular weight excluding hydrogens is 272 g/mol. The van der Waals surface area contributed by atoms with Gasteiger partial charge in [0.25, 0.3) is 0 Å². The van der Waals surface area contributed by atoms with Crippen molar-refractivity contribution in [2.24, 2.45) is 0 Å². The predicted molar refractivity (Wildman–Crippen MR) is 80.0 cm³/mol. The molecule has 2 aromatic heterocycles. The average Bonchev–Trinajstić information content (AvgIpc) is 3.29. The Balaban J connectivity index is 1.74. The maximum atomic E-state index is 6.06. The van der Waals surface area contributed by atoms with Crippen LogP contribution in [0.3, 0.4) is 0 Å². The smallest absolute Gasteiger partial charge is 0.135 e. The van der Waals surface area contributed by atoms with E-state index in [9.17, 15) is 0 Å². The van der Waals surface area contributed by atoms with Crippen LogP contribution in [-0.4, -0.2) is 15.0 Å². The minimum atomic E-state index is 0.496. The van der Waals surface area contributed by atoms with Crippen LogP contribution in [0.2, 0.25) is 5.15 Å². The van der Waals surface area contributed by atoms with Crippen LogP contribution < -0.4 is 5.32 Å². The van der Waals surface area contributed by atoms with E-state index >= 15 is 0 Å². The summed E-state index contributed by atoms with van der Waals surface area (Å²) >= 11 is 6.06. The summed E-state index contributed by atoms with van der Waals surface area (Å²) < 4.78 is 0. The van der Waals surface area contributed by atoms with Crippen LogP contribution in [0.25, 0.3) is 0 Å². The van der Waals surface area contributed by atoms with E-state index in [1.165, 1.54) is 18.4 Å². The van der Waals surface area contributed by atoms with Crippen LogP contribution in [0.4, 0.5) is 5.82 Å². The molecule has 2 heterocycles. The molecule has 0 aromatic carbocycles. The molecule has 0 atom stereocenters. The first kappa shape index (κ1) is 13.3. The van der Waals surface area contributed by atoms with Crippen molar-refractivity contribution in [1.82, 2.24) is 15.0 Å². The van der Waals surface area contributed by atoms with E-state index in [1.54, 1.807) is 6.07 Å². The zero-order valence-electron chi connectivity index (χ0n) is 11.4. The van der Waals surface area contributed by atoms with Crippen LogP contribution in [0.1, 0.15) is 42.8 Å². The molecule has 1 aliphatic carbocycles. The summed E-state index contributed by atoms with van der Waals surface area (Å²) in [5.41, 5.74) is 2.31. The minimum absolute atomic E-state index is 0.496. The van der Waals surface area contributed by atoms with Crippen molar-refractivity contribution in [1.29, 1.82) is 0 Å². The predicted octanol–water partition coefficient (Wildman–Crippen LogP) is 3.58. The Morgan fingerprint density at radius 2 is 2.20 bits per heavy atom. The standard InChI is InChI=1S/C15H17ClN4/c1-2-10-4-3-7-17-12(10)9-18-14-8-13(16)19-15(20-14)11-5-6-11/h3-4,7-8,11H,2,5-6,9H2,1H3,(H,18,19,20). The molecule has 0 saturated heterocycles. The first-order valence-corrected chi connectivity index (χ1v) is 7.35. The zero-order valence-corrected chi connectivity index (χ0v) is 12.2. The number of halogens is 1. The summed E-state index contributed by atoms with van der Waals surface area (Å²) in [5, 5.41) is 3.80. The summed E-state index contributed by atoms with van der Waals surface area (Å²) in [6.07, 6.45) is 5.13. The zero-order chi connectivity index (χ0) is 13.9. The summed E-state index contributed by atoms with van der Waals surface area (Å²) in [7, 11) is 0. The summed E-state index contributed by atoms with van der Waals surface area (Å²) in [5.74, 6) is 2.13. The molecule has 1 aliphatic rings. The average molecular weight is 289 g/mol. The lowest BCUT2D eigenvalue weighted by Gasteiger charge is -2.09. The molecule has 0 unspecified atom stereocenters. The van der Waals surface area contributed by atoms with Gasteiger partial charge in [-0.1, -0.05) is 24.6 Å². The van der Waals surface area contributed by atoms with E-state index in [1.807, 2.05) is 12.3 Å². The molecule has 1 saturated carbocycles. The van der Waals surface area contributed by atoms with E-state index < -0.39 is 0 Å². The van der Waals surface area contributed by atoms with E-state index in [0.717, 1.165) is 23.8 Å². The van der Waals surface area contributed by atoms with Crippen LogP contribution in [0.5, 0.6) is 0 Å². The molecule has 0 bridgehead atoms. The van der Waals surface area contributed by atoms with Gasteiger partial charge in [0.1, 0.15) is 16.8 Å². The molecule has 0 spiro atoms. The number of aromatic nitrogens is 3. The maximum Gasteiger partial charge on any atom is 0.135 e. The molecule has 0 aliphatic heterocycles. The molecular formula is C15H17ClN4. The Hall–Kier alpha value is -1.68. The number of hydrogen-bond donors (Lipinski definition) is 1. The van der Waals surface area contributed by atoms with E-state index in [0.29, 0.717) is 17.6 Å². The van der Waals surface area contributed by atoms with Crippen molar-refractivity contribution in [2.45, 2.75) is 38.6 Å². The van der Waals surface area contributed by atoms with Gasteiger partial charge in [0.15, 0.2) is 0 Å². The number of pyridine rings is 1. The lowest BCUT2D eigenvalue weighted by atomic mass is 10.1. The molecule has 5 heteroatoms. The van der Waals surface area contributed by atoms with Gasteiger partial charge in [0, 0.05) is 18.2 Å². The van der Waals surface area contributed by atoms with E-state index in [2.05, 4.69) is 33.3 Å². The van der Waals surface area contributed by atoms with Gasteiger partial charge >= 0.3 is 0 Å². The van der Waals surface area contributed by atoms with Gasteiger partial charge in [-0.05, 0) is 30.9 Å². The number of anilines is 1. The van der Waals surface area contributed by atoms with Crippen LogP contribution in [0.15, 0.2) is 24.4 Å². The summed E-state index contributed by atoms with van der Waals surface area (Å²) in [4.78, 5) is 13.2. The number of nitrogens with zero attached hydrogens (tertiary/aromatic N) is 3. The molecule has 2 aromatic rings. The van der Waals surface area contributed by atoms with Crippen molar-refractivity contribution in [3.05, 3.63) is 46.6 Å². The lowest BCUT2D eigenvalue weighted by molar-refractivity contribution is 0.910. The number of aryl methyl sites for hydroxylation is 1. The normalized spacial score (nSPS) is 14.3. The highest BCUT2D eigenvalue weighted by molar-refractivity contribution is 6.29. The minimum Gasteiger partial charge on any atom is -0.364 e. The molecule has 1 N–H and O–H groups in total. The van der Waals surface area contributed by atoms with Gasteiger partial charge in [-0.2, -0.15) is 0 Å². The lowest BCUT2D eigenvalue weighted by Crippen LogP contribution is -2.07. The van der Waals surface area contributed by atoms with Gasteiger partial charge in [0.05, 0.1) is 12.2 Å². The monoisotopic (exact) mass is 288 g/mol. The molecule has 0 amide bonds. The Bertz CT molecular complexity index is 611. The highest BCUT2D eigenvalue weighted by Gasteiger charge is 2.27. The van der Waals surface area contributed by atoms with Gasteiger partial charge < -0.3 is 5.32 Å². The molecule has 104 valence electrons. The van der Waals surface area contributed by atoms with Gasteiger partial charge in [-0.3, -0.25) is 4.98 Å². The number of hydrogen-bond acceptors (Lipinski definition) is 4. The van der Waals surface area contributed by atoms with Crippen LogP contribution in [-0.2, 0) is 13.0 Å². The highest BCUT2D eigenvalue weighted by Crippen LogP contribution is 2.38. The highest BCUT2D eigenvalue weighted by atomic mass is 35.5. The van der Waals surface area contributed by atoms with Gasteiger partial charge in [-0.15, -0.1) is 0 Å². The Morgan fingerprint density at radius 3 is 2.95 bits per heavy atom. The van der Waals surface area contributed by atoms with Crippen molar-refractivity contribution in [3.8, 4) is 0 Å². The molecule has 0 radical (unpaired) electrons. The van der Waals surface area contributed by atoms with Crippen molar-refractivity contribution in [3.63, 3.8) is 0 Å². The summed E-state index contributed by atoms with van der Waals surface area (Å²) in [6, 6.07) is 5.84. The third-order valence-electron chi connectivity index (χ3n) is 3.46. The van der Waals surface area contributed by atoms with Crippen LogP contribution in [0, 0.1) is 0 Å². The maximum absolute atomic E-state index is 6.06. The number of nitrogens with one attached hydrogen (secondary N) is 1. The Morgan fingerprint density at radius 1 is 1.35 bits per heavy atom.